The fourth-order valence-corrected chi connectivity index (χ4v) is 9.79. The quantitative estimate of drug-likeness (QED) is 0.0195. The van der Waals surface area contributed by atoms with Crippen LogP contribution in [0.1, 0.15) is 296 Å². The van der Waals surface area contributed by atoms with E-state index < -0.39 is 49.5 Å². The maximum atomic E-state index is 13.0. The van der Waals surface area contributed by atoms with E-state index in [0.29, 0.717) is 19.4 Å². The topological polar surface area (TPSA) is 175 Å². The molecule has 1 fully saturated rings. The van der Waals surface area contributed by atoms with E-state index in [1.165, 1.54) is 205 Å². The van der Waals surface area contributed by atoms with E-state index in [9.17, 15) is 35.1 Å². The zero-order valence-electron chi connectivity index (χ0n) is 46.2. The molecule has 0 aromatic heterocycles. The van der Waals surface area contributed by atoms with Gasteiger partial charge in [-0.15, -0.1) is 0 Å². The number of nitrogens with one attached hydrogen (secondary N) is 1. The van der Waals surface area contributed by atoms with Gasteiger partial charge in [0.15, 0.2) is 6.29 Å². The number of esters is 1. The highest BCUT2D eigenvalue weighted by Gasteiger charge is 2.44. The van der Waals surface area contributed by atoms with Gasteiger partial charge < -0.3 is 45.1 Å². The highest BCUT2D eigenvalue weighted by Crippen LogP contribution is 2.23. The zero-order chi connectivity index (χ0) is 51.7. The summed E-state index contributed by atoms with van der Waals surface area (Å²) in [5.41, 5.74) is 0. The number of carbonyl (C=O) groups is 2. The highest BCUT2D eigenvalue weighted by atomic mass is 16.7. The van der Waals surface area contributed by atoms with Gasteiger partial charge >= 0.3 is 5.97 Å². The fraction of sp³-hybridized carbons (Fsp3) is 0.933. The van der Waals surface area contributed by atoms with Crippen LogP contribution in [0.2, 0.25) is 0 Å². The van der Waals surface area contributed by atoms with Gasteiger partial charge in [-0.1, -0.05) is 264 Å². The molecule has 11 heteroatoms. The van der Waals surface area contributed by atoms with Gasteiger partial charge in [-0.3, -0.25) is 9.59 Å². The van der Waals surface area contributed by atoms with Crippen LogP contribution in [-0.2, 0) is 23.8 Å². The SMILES string of the molecule is CCCCCCCCC/C=C/C(O)C(COC1OC(CO)C(O)C(O)C1O)NC(=O)CCCCCCCCCCCCCCCCCCCCOC(=O)CCCCCCCCCCCCCCCCCC. The van der Waals surface area contributed by atoms with Gasteiger partial charge in [0.05, 0.1) is 32.0 Å². The first-order valence-electron chi connectivity index (χ1n) is 30.5. The molecule has 0 aromatic carbocycles. The molecule has 0 spiro atoms. The highest BCUT2D eigenvalue weighted by molar-refractivity contribution is 5.76. The summed E-state index contributed by atoms with van der Waals surface area (Å²) in [6, 6.07) is -0.810. The molecule has 11 nitrogen and oxygen atoms in total. The summed E-state index contributed by atoms with van der Waals surface area (Å²) in [4.78, 5) is 25.1. The first kappa shape index (κ1) is 67.4. The van der Waals surface area contributed by atoms with Crippen LogP contribution in [0.5, 0.6) is 0 Å². The molecular formula is C60H115NO10. The molecule has 420 valence electrons. The number of allylic oxidation sites excluding steroid dienone is 1. The summed E-state index contributed by atoms with van der Waals surface area (Å²) >= 11 is 0. The van der Waals surface area contributed by atoms with Crippen LogP contribution in [0, 0.1) is 0 Å². The molecule has 0 aromatic rings. The van der Waals surface area contributed by atoms with Crippen LogP contribution in [0.3, 0.4) is 0 Å². The lowest BCUT2D eigenvalue weighted by atomic mass is 9.99. The third-order valence-electron chi connectivity index (χ3n) is 14.7. The van der Waals surface area contributed by atoms with Gasteiger partial charge in [-0.05, 0) is 32.1 Å². The van der Waals surface area contributed by atoms with Crippen LogP contribution in [0.15, 0.2) is 12.2 Å². The third-order valence-corrected chi connectivity index (χ3v) is 14.7. The monoisotopic (exact) mass is 1010 g/mol. The van der Waals surface area contributed by atoms with Crippen molar-refractivity contribution < 1.29 is 49.3 Å². The Labute approximate surface area is 436 Å². The van der Waals surface area contributed by atoms with Crippen LogP contribution in [-0.4, -0.2) is 100 Å². The summed E-state index contributed by atoms with van der Waals surface area (Å²) in [7, 11) is 0. The molecular weight excluding hydrogens is 895 g/mol. The summed E-state index contributed by atoms with van der Waals surface area (Å²) in [6.45, 7) is 4.32. The first-order valence-corrected chi connectivity index (χ1v) is 30.5. The minimum absolute atomic E-state index is 0.00465. The Hall–Kier alpha value is -1.60. The van der Waals surface area contributed by atoms with Gasteiger partial charge in [0.2, 0.25) is 5.91 Å². The Bertz CT molecular complexity index is 1190. The number of carbonyl (C=O) groups excluding carboxylic acids is 2. The lowest BCUT2D eigenvalue weighted by Gasteiger charge is -2.40. The van der Waals surface area contributed by atoms with Crippen molar-refractivity contribution in [2.45, 2.75) is 339 Å². The van der Waals surface area contributed by atoms with Gasteiger partial charge in [-0.2, -0.15) is 0 Å². The normalized spacial score (nSPS) is 19.1. The average molecular weight is 1010 g/mol. The van der Waals surface area contributed by atoms with Crippen LogP contribution in [0.4, 0.5) is 0 Å². The maximum absolute atomic E-state index is 13.0. The number of hydrogen-bond acceptors (Lipinski definition) is 10. The molecule has 0 aliphatic carbocycles. The van der Waals surface area contributed by atoms with Gasteiger partial charge in [0, 0.05) is 12.8 Å². The number of unbranched alkanes of at least 4 members (excludes halogenated alkanes) is 39. The lowest BCUT2D eigenvalue weighted by molar-refractivity contribution is -0.302. The Morgan fingerprint density at radius 3 is 1.31 bits per heavy atom. The predicted octanol–water partition coefficient (Wildman–Crippen LogP) is 14.0. The second kappa shape index (κ2) is 50.6. The fourth-order valence-electron chi connectivity index (χ4n) is 9.79. The zero-order valence-corrected chi connectivity index (χ0v) is 46.2. The molecule has 1 saturated heterocycles. The molecule has 1 aliphatic heterocycles. The Kier molecular flexibility index (Phi) is 48.0. The molecule has 0 bridgehead atoms. The van der Waals surface area contributed by atoms with Gasteiger partial charge in [0.25, 0.3) is 0 Å². The van der Waals surface area contributed by atoms with E-state index in [1.54, 1.807) is 6.08 Å². The standard InChI is InChI=1S/C60H115NO10/c1-3-5-7-9-11-13-14-15-16-22-25-28-32-36-40-44-48-56(65)69-49-45-41-37-33-29-26-23-20-18-17-19-21-24-27-31-35-39-43-47-55(64)61-52(53(63)46-42-38-34-30-12-10-8-6-4-2)51-70-60-59(68)58(67)57(66)54(50-62)71-60/h42,46,52-54,57-60,62-63,66-68H,3-41,43-45,47-51H2,1-2H3,(H,61,64)/b46-42+. The van der Waals surface area contributed by atoms with Crippen molar-refractivity contribution in [3.8, 4) is 0 Å². The van der Waals surface area contributed by atoms with Gasteiger partial charge in [0.1, 0.15) is 24.4 Å². The number of rotatable bonds is 53. The van der Waals surface area contributed by atoms with E-state index in [-0.39, 0.29) is 18.5 Å². The van der Waals surface area contributed by atoms with Gasteiger partial charge in [-0.25, -0.2) is 0 Å². The third kappa shape index (κ3) is 40.4. The van der Waals surface area contributed by atoms with Crippen molar-refractivity contribution in [2.75, 3.05) is 19.8 Å². The van der Waals surface area contributed by atoms with Crippen molar-refractivity contribution >= 4 is 11.9 Å². The first-order chi connectivity index (χ1) is 34.7. The van der Waals surface area contributed by atoms with E-state index in [1.807, 2.05) is 6.08 Å². The Morgan fingerprint density at radius 2 is 0.887 bits per heavy atom. The van der Waals surface area contributed by atoms with Crippen molar-refractivity contribution in [3.63, 3.8) is 0 Å². The number of aliphatic hydroxyl groups is 5. The predicted molar refractivity (Wildman–Crippen MR) is 292 cm³/mol. The number of amides is 1. The van der Waals surface area contributed by atoms with Crippen molar-refractivity contribution in [1.82, 2.24) is 5.32 Å². The molecule has 71 heavy (non-hydrogen) atoms. The lowest BCUT2D eigenvalue weighted by Crippen LogP contribution is -2.60. The number of ether oxygens (including phenoxy) is 3. The van der Waals surface area contributed by atoms with E-state index in [4.69, 9.17) is 14.2 Å². The molecule has 7 unspecified atom stereocenters. The minimum atomic E-state index is -1.57. The van der Waals surface area contributed by atoms with Crippen molar-refractivity contribution in [3.05, 3.63) is 12.2 Å². The average Bonchev–Trinajstić information content (AvgIpc) is 3.37. The molecule has 0 saturated carbocycles. The maximum Gasteiger partial charge on any atom is 0.305 e. The summed E-state index contributed by atoms with van der Waals surface area (Å²) in [6.07, 6.45) is 48.9. The second-order valence-electron chi connectivity index (χ2n) is 21.4. The molecule has 1 aliphatic rings. The van der Waals surface area contributed by atoms with E-state index in [0.717, 1.165) is 64.2 Å². The number of aliphatic hydroxyl groups excluding tert-OH is 5. The largest absolute Gasteiger partial charge is 0.466 e. The smallest absolute Gasteiger partial charge is 0.305 e. The molecule has 1 amide bonds. The summed E-state index contributed by atoms with van der Waals surface area (Å²) < 4.78 is 16.7. The van der Waals surface area contributed by atoms with E-state index in [2.05, 4.69) is 19.2 Å². The van der Waals surface area contributed by atoms with Crippen LogP contribution < -0.4 is 5.32 Å². The molecule has 1 rings (SSSR count). The Balaban J connectivity index is 2.00. The van der Waals surface area contributed by atoms with Crippen molar-refractivity contribution in [1.29, 1.82) is 0 Å². The van der Waals surface area contributed by atoms with Crippen molar-refractivity contribution in [2.24, 2.45) is 0 Å². The van der Waals surface area contributed by atoms with Crippen LogP contribution in [0.25, 0.3) is 0 Å². The second-order valence-corrected chi connectivity index (χ2v) is 21.4. The van der Waals surface area contributed by atoms with Crippen LogP contribution >= 0.6 is 0 Å². The van der Waals surface area contributed by atoms with E-state index >= 15 is 0 Å². The molecule has 0 radical (unpaired) electrons. The summed E-state index contributed by atoms with van der Waals surface area (Å²) in [5.74, 6) is -0.191. The molecule has 6 N–H and O–H groups in total. The molecule has 7 atom stereocenters. The summed E-state index contributed by atoms with van der Waals surface area (Å²) in [5, 5.41) is 54.2. The molecule has 1 heterocycles. The number of hydrogen-bond donors (Lipinski definition) is 6. The Morgan fingerprint density at radius 1 is 0.507 bits per heavy atom. The minimum Gasteiger partial charge on any atom is -0.466 e.